The van der Waals surface area contributed by atoms with E-state index in [1.165, 1.54) is 0 Å². The molecule has 0 atom stereocenters. The van der Waals surface area contributed by atoms with Gasteiger partial charge in [-0.3, -0.25) is 0 Å². The summed E-state index contributed by atoms with van der Waals surface area (Å²) in [6.07, 6.45) is 0. The molecule has 53 valence electrons. The van der Waals surface area contributed by atoms with E-state index in [0.717, 1.165) is 9.32 Å². The van der Waals surface area contributed by atoms with Crippen molar-refractivity contribution < 1.29 is 4.74 Å². The van der Waals surface area contributed by atoms with Crippen molar-refractivity contribution in [3.05, 3.63) is 27.8 Å². The van der Waals surface area contributed by atoms with E-state index in [9.17, 15) is 0 Å². The average Bonchev–Trinajstić information content (AvgIpc) is 1.88. The molecule has 0 N–H and O–H groups in total. The fraction of sp³-hybridized carbons (Fsp3) is 0.250. The number of benzene rings is 1. The second-order valence-corrected chi connectivity index (χ2v) is 2.96. The Balaban J connectivity index is 2.75. The van der Waals surface area contributed by atoms with Crippen molar-refractivity contribution in [2.75, 3.05) is 6.61 Å². The second-order valence-electron chi connectivity index (χ2n) is 1.80. The Morgan fingerprint density at radius 3 is 3.00 bits per heavy atom. The highest BCUT2D eigenvalue weighted by atomic mass is 127. The van der Waals surface area contributed by atoms with Gasteiger partial charge in [-0.25, -0.2) is 0 Å². The van der Waals surface area contributed by atoms with Crippen LogP contribution in [0.2, 0.25) is 0 Å². The van der Waals surface area contributed by atoms with E-state index in [2.05, 4.69) is 28.7 Å². The summed E-state index contributed by atoms with van der Waals surface area (Å²) in [5, 5.41) is 0. The zero-order valence-corrected chi connectivity index (χ0v) is 7.88. The average molecular weight is 247 g/mol. The van der Waals surface area contributed by atoms with Crippen molar-refractivity contribution >= 4 is 22.6 Å². The number of ether oxygens (including phenoxy) is 1. The highest BCUT2D eigenvalue weighted by Crippen LogP contribution is 2.12. The SMILES string of the molecule is CCOc1[c]c(I)ccc1. The molecule has 0 saturated carbocycles. The van der Waals surface area contributed by atoms with Crippen molar-refractivity contribution in [3.63, 3.8) is 0 Å². The molecule has 1 rings (SSSR count). The summed E-state index contributed by atoms with van der Waals surface area (Å²) in [6.45, 7) is 2.67. The Kier molecular flexibility index (Phi) is 2.99. The minimum absolute atomic E-state index is 0.705. The third-order valence-corrected chi connectivity index (χ3v) is 1.66. The van der Waals surface area contributed by atoms with Crippen molar-refractivity contribution in [1.29, 1.82) is 0 Å². The van der Waals surface area contributed by atoms with Gasteiger partial charge in [0, 0.05) is 9.64 Å². The van der Waals surface area contributed by atoms with E-state index in [1.807, 2.05) is 25.1 Å². The van der Waals surface area contributed by atoms with Gasteiger partial charge in [0.05, 0.1) is 6.61 Å². The lowest BCUT2D eigenvalue weighted by molar-refractivity contribution is 0.339. The van der Waals surface area contributed by atoms with Gasteiger partial charge in [-0.05, 0) is 41.6 Å². The number of hydrogen-bond donors (Lipinski definition) is 0. The van der Waals surface area contributed by atoms with Crippen LogP contribution >= 0.6 is 22.6 Å². The summed E-state index contributed by atoms with van der Waals surface area (Å²) in [5.41, 5.74) is 0. The van der Waals surface area contributed by atoms with Crippen LogP contribution in [0.15, 0.2) is 18.2 Å². The molecule has 1 aromatic carbocycles. The van der Waals surface area contributed by atoms with Gasteiger partial charge in [0.15, 0.2) is 0 Å². The van der Waals surface area contributed by atoms with Crippen molar-refractivity contribution in [3.8, 4) is 5.75 Å². The molecule has 1 nitrogen and oxygen atoms in total. The zero-order chi connectivity index (χ0) is 7.40. The van der Waals surface area contributed by atoms with Gasteiger partial charge in [0.1, 0.15) is 5.75 Å². The van der Waals surface area contributed by atoms with Gasteiger partial charge in [0.25, 0.3) is 0 Å². The fourth-order valence-corrected chi connectivity index (χ4v) is 1.13. The molecule has 1 aromatic rings. The zero-order valence-electron chi connectivity index (χ0n) is 5.73. The third kappa shape index (κ3) is 2.17. The van der Waals surface area contributed by atoms with Gasteiger partial charge < -0.3 is 4.74 Å². The van der Waals surface area contributed by atoms with E-state index in [0.29, 0.717) is 6.61 Å². The molecule has 0 aliphatic rings. The van der Waals surface area contributed by atoms with Crippen LogP contribution in [-0.2, 0) is 0 Å². The lowest BCUT2D eigenvalue weighted by Gasteiger charge is -2.00. The molecule has 0 unspecified atom stereocenters. The van der Waals surface area contributed by atoms with E-state index in [1.54, 1.807) is 0 Å². The first-order valence-corrected chi connectivity index (χ1v) is 4.21. The highest BCUT2D eigenvalue weighted by molar-refractivity contribution is 14.1. The van der Waals surface area contributed by atoms with E-state index in [4.69, 9.17) is 4.74 Å². The van der Waals surface area contributed by atoms with Crippen molar-refractivity contribution in [2.45, 2.75) is 6.92 Å². The summed E-state index contributed by atoms with van der Waals surface area (Å²) >= 11 is 2.21. The molecule has 0 spiro atoms. The first-order chi connectivity index (χ1) is 4.83. The largest absolute Gasteiger partial charge is 0.493 e. The maximum absolute atomic E-state index is 5.23. The normalized spacial score (nSPS) is 9.40. The van der Waals surface area contributed by atoms with Crippen LogP contribution in [0.5, 0.6) is 5.75 Å². The molecule has 1 radical (unpaired) electrons. The van der Waals surface area contributed by atoms with Gasteiger partial charge >= 0.3 is 0 Å². The van der Waals surface area contributed by atoms with Crippen molar-refractivity contribution in [2.24, 2.45) is 0 Å². The predicted molar refractivity (Wildman–Crippen MR) is 49.2 cm³/mol. The van der Waals surface area contributed by atoms with Crippen LogP contribution in [0.25, 0.3) is 0 Å². The van der Waals surface area contributed by atoms with E-state index < -0.39 is 0 Å². The fourth-order valence-electron chi connectivity index (χ4n) is 0.661. The Morgan fingerprint density at radius 2 is 2.40 bits per heavy atom. The lowest BCUT2D eigenvalue weighted by atomic mass is 10.3. The van der Waals surface area contributed by atoms with Crippen LogP contribution in [0, 0.1) is 9.64 Å². The molecule has 0 bridgehead atoms. The quantitative estimate of drug-likeness (QED) is 0.729. The molecule has 2 heteroatoms. The topological polar surface area (TPSA) is 9.23 Å². The molecule has 0 aliphatic carbocycles. The second kappa shape index (κ2) is 3.81. The lowest BCUT2D eigenvalue weighted by Crippen LogP contribution is -1.90. The molecular formula is C8H8IO. The Morgan fingerprint density at radius 1 is 1.60 bits per heavy atom. The first kappa shape index (κ1) is 7.85. The van der Waals surface area contributed by atoms with Crippen LogP contribution in [0.1, 0.15) is 6.92 Å². The Bertz CT molecular complexity index is 210. The number of hydrogen-bond acceptors (Lipinski definition) is 1. The van der Waals surface area contributed by atoms with Crippen LogP contribution < -0.4 is 4.74 Å². The molecule has 0 fully saturated rings. The summed E-state index contributed by atoms with van der Waals surface area (Å²) < 4.78 is 6.31. The smallest absolute Gasteiger partial charge is 0.128 e. The maximum Gasteiger partial charge on any atom is 0.128 e. The van der Waals surface area contributed by atoms with Gasteiger partial charge in [-0.15, -0.1) is 0 Å². The first-order valence-electron chi connectivity index (χ1n) is 3.13. The minimum atomic E-state index is 0.705. The summed E-state index contributed by atoms with van der Waals surface area (Å²) in [7, 11) is 0. The number of rotatable bonds is 2. The van der Waals surface area contributed by atoms with Crippen LogP contribution in [0.4, 0.5) is 0 Å². The Labute approximate surface area is 74.5 Å². The molecular weight excluding hydrogens is 239 g/mol. The maximum atomic E-state index is 5.23. The third-order valence-electron chi connectivity index (χ3n) is 1.03. The summed E-state index contributed by atoms with van der Waals surface area (Å²) in [6, 6.07) is 8.93. The van der Waals surface area contributed by atoms with Gasteiger partial charge in [0.2, 0.25) is 0 Å². The molecule has 0 heterocycles. The monoisotopic (exact) mass is 247 g/mol. The van der Waals surface area contributed by atoms with Gasteiger partial charge in [-0.2, -0.15) is 0 Å². The molecule has 10 heavy (non-hydrogen) atoms. The predicted octanol–water partition coefficient (Wildman–Crippen LogP) is 2.49. The van der Waals surface area contributed by atoms with Crippen LogP contribution in [0.3, 0.4) is 0 Å². The summed E-state index contributed by atoms with van der Waals surface area (Å²) in [5.74, 6) is 0.828. The minimum Gasteiger partial charge on any atom is -0.493 e. The summed E-state index contributed by atoms with van der Waals surface area (Å²) in [4.78, 5) is 0. The van der Waals surface area contributed by atoms with E-state index in [-0.39, 0.29) is 0 Å². The van der Waals surface area contributed by atoms with Crippen LogP contribution in [-0.4, -0.2) is 6.61 Å². The Hall–Kier alpha value is -0.250. The molecule has 0 amide bonds. The van der Waals surface area contributed by atoms with Crippen molar-refractivity contribution in [1.82, 2.24) is 0 Å². The molecule has 0 aromatic heterocycles. The molecule has 0 aliphatic heterocycles. The highest BCUT2D eigenvalue weighted by Gasteiger charge is 1.91. The van der Waals surface area contributed by atoms with E-state index >= 15 is 0 Å². The molecule has 0 saturated heterocycles. The van der Waals surface area contributed by atoms with Gasteiger partial charge in [-0.1, -0.05) is 6.07 Å². The standard InChI is InChI=1S/C8H8IO/c1-2-10-8-5-3-4-7(9)6-8/h3-5H,2H2,1H3. The number of halogens is 1.